The fraction of sp³-hybridized carbons (Fsp3) is 0.421. The molecule has 0 amide bonds. The number of para-hydroxylation sites is 1. The average molecular weight is 357 g/mol. The van der Waals surface area contributed by atoms with Gasteiger partial charge in [0.25, 0.3) is 0 Å². The first kappa shape index (κ1) is 18.3. The van der Waals surface area contributed by atoms with Crippen molar-refractivity contribution >= 4 is 5.97 Å². The molecule has 2 heterocycles. The second kappa shape index (κ2) is 8.25. The number of hydrogen-bond donors (Lipinski definition) is 1. The molecule has 1 atom stereocenters. The Balaban J connectivity index is 1.70. The molecule has 1 aromatic heterocycles. The predicted molar refractivity (Wildman–Crippen MR) is 95.0 cm³/mol. The molecule has 0 bridgehead atoms. The van der Waals surface area contributed by atoms with Gasteiger partial charge in [-0.15, -0.1) is 0 Å². The topological polar surface area (TPSA) is 84.8 Å². The Kier molecular flexibility index (Phi) is 5.80. The minimum Gasteiger partial charge on any atom is -0.482 e. The summed E-state index contributed by atoms with van der Waals surface area (Å²) in [5.41, 5.74) is 2.79. The summed E-state index contributed by atoms with van der Waals surface area (Å²) in [6, 6.07) is 9.49. The van der Waals surface area contributed by atoms with Gasteiger partial charge in [0, 0.05) is 30.9 Å². The zero-order valence-electron chi connectivity index (χ0n) is 15.0. The fourth-order valence-corrected chi connectivity index (χ4v) is 3.09. The molecule has 1 saturated heterocycles. The van der Waals surface area contributed by atoms with Crippen molar-refractivity contribution < 1.29 is 19.4 Å². The van der Waals surface area contributed by atoms with E-state index in [-0.39, 0.29) is 12.7 Å². The van der Waals surface area contributed by atoms with Crippen LogP contribution in [0.5, 0.6) is 5.75 Å². The minimum absolute atomic E-state index is 0.101. The molecule has 1 aliphatic rings. The summed E-state index contributed by atoms with van der Waals surface area (Å²) >= 11 is 0. The van der Waals surface area contributed by atoms with Crippen molar-refractivity contribution in [2.75, 3.05) is 26.3 Å². The summed E-state index contributed by atoms with van der Waals surface area (Å²) in [6.07, 6.45) is -0.101. The van der Waals surface area contributed by atoms with E-state index in [1.54, 1.807) is 6.07 Å². The highest BCUT2D eigenvalue weighted by Crippen LogP contribution is 2.25. The highest BCUT2D eigenvalue weighted by atomic mass is 16.5. The lowest BCUT2D eigenvalue weighted by Gasteiger charge is -2.33. The van der Waals surface area contributed by atoms with Crippen LogP contribution in [-0.2, 0) is 16.1 Å². The third-order valence-electron chi connectivity index (χ3n) is 4.18. The van der Waals surface area contributed by atoms with Crippen molar-refractivity contribution in [3.63, 3.8) is 0 Å². The van der Waals surface area contributed by atoms with E-state index in [9.17, 15) is 4.79 Å². The molecular weight excluding hydrogens is 334 g/mol. The van der Waals surface area contributed by atoms with Crippen LogP contribution in [0.2, 0.25) is 0 Å². The molecule has 0 aliphatic carbocycles. The number of morpholine rings is 1. The van der Waals surface area contributed by atoms with E-state index >= 15 is 0 Å². The Morgan fingerprint density at radius 1 is 1.35 bits per heavy atom. The van der Waals surface area contributed by atoms with Crippen molar-refractivity contribution in [1.29, 1.82) is 0 Å². The maximum Gasteiger partial charge on any atom is 0.341 e. The van der Waals surface area contributed by atoms with Crippen molar-refractivity contribution in [1.82, 2.24) is 14.9 Å². The Morgan fingerprint density at radius 3 is 2.92 bits per heavy atom. The molecule has 0 saturated carbocycles. The first-order valence-electron chi connectivity index (χ1n) is 8.60. The van der Waals surface area contributed by atoms with Crippen LogP contribution >= 0.6 is 0 Å². The Bertz CT molecular complexity index is 761. The van der Waals surface area contributed by atoms with E-state index in [0.717, 1.165) is 29.3 Å². The van der Waals surface area contributed by atoms with Crippen LogP contribution in [0.3, 0.4) is 0 Å². The molecule has 3 rings (SSSR count). The molecule has 138 valence electrons. The van der Waals surface area contributed by atoms with Gasteiger partial charge < -0.3 is 14.6 Å². The molecule has 0 unspecified atom stereocenters. The standard InChI is InChI=1S/C19H23N3O4/c1-13-9-16(21-14(2)20-13)18-11-22(7-8-25-18)10-15-5-3-4-6-17(15)26-12-19(23)24/h3-6,9,18H,7-8,10-12H2,1-2H3,(H,23,24)/t18-/m0/s1. The maximum atomic E-state index is 10.8. The van der Waals surface area contributed by atoms with E-state index in [1.165, 1.54) is 0 Å². The smallest absolute Gasteiger partial charge is 0.341 e. The van der Waals surface area contributed by atoms with Crippen LogP contribution in [0.25, 0.3) is 0 Å². The van der Waals surface area contributed by atoms with Gasteiger partial charge >= 0.3 is 5.97 Å². The normalized spacial score (nSPS) is 17.8. The summed E-state index contributed by atoms with van der Waals surface area (Å²) < 4.78 is 11.3. The molecule has 7 heteroatoms. The number of benzene rings is 1. The quantitative estimate of drug-likeness (QED) is 0.848. The molecule has 1 N–H and O–H groups in total. The first-order chi connectivity index (χ1) is 12.5. The van der Waals surface area contributed by atoms with Gasteiger partial charge in [0.2, 0.25) is 0 Å². The summed E-state index contributed by atoms with van der Waals surface area (Å²) in [5, 5.41) is 8.83. The Morgan fingerprint density at radius 2 is 2.15 bits per heavy atom. The Hall–Kier alpha value is -2.51. The lowest BCUT2D eigenvalue weighted by molar-refractivity contribution is -0.139. The minimum atomic E-state index is -0.985. The van der Waals surface area contributed by atoms with Crippen LogP contribution in [0.4, 0.5) is 0 Å². The molecular formula is C19H23N3O4. The highest BCUT2D eigenvalue weighted by Gasteiger charge is 2.24. The summed E-state index contributed by atoms with van der Waals surface area (Å²) in [5.74, 6) is 0.362. The summed E-state index contributed by atoms with van der Waals surface area (Å²) in [7, 11) is 0. The van der Waals surface area contributed by atoms with Crippen molar-refractivity contribution in [2.24, 2.45) is 0 Å². The van der Waals surface area contributed by atoms with E-state index in [0.29, 0.717) is 25.4 Å². The van der Waals surface area contributed by atoms with Gasteiger partial charge in [-0.05, 0) is 26.0 Å². The molecule has 0 radical (unpaired) electrons. The number of aromatic nitrogens is 2. The zero-order valence-corrected chi connectivity index (χ0v) is 15.0. The van der Waals surface area contributed by atoms with E-state index in [2.05, 4.69) is 14.9 Å². The molecule has 7 nitrogen and oxygen atoms in total. The maximum absolute atomic E-state index is 10.8. The van der Waals surface area contributed by atoms with E-state index in [4.69, 9.17) is 14.6 Å². The number of aliphatic carboxylic acids is 1. The van der Waals surface area contributed by atoms with Crippen LogP contribution in [-0.4, -0.2) is 52.2 Å². The number of hydrogen-bond acceptors (Lipinski definition) is 6. The van der Waals surface area contributed by atoms with E-state index < -0.39 is 5.97 Å². The summed E-state index contributed by atoms with van der Waals surface area (Å²) in [6.45, 7) is 6.28. The molecule has 1 aromatic carbocycles. The second-order valence-electron chi connectivity index (χ2n) is 6.37. The second-order valence-corrected chi connectivity index (χ2v) is 6.37. The molecule has 1 aliphatic heterocycles. The van der Waals surface area contributed by atoms with Crippen LogP contribution < -0.4 is 4.74 Å². The van der Waals surface area contributed by atoms with Gasteiger partial charge in [0.05, 0.1) is 12.3 Å². The highest BCUT2D eigenvalue weighted by molar-refractivity contribution is 5.68. The van der Waals surface area contributed by atoms with Crippen molar-refractivity contribution in [3.8, 4) is 5.75 Å². The molecule has 0 spiro atoms. The van der Waals surface area contributed by atoms with Gasteiger partial charge in [-0.3, -0.25) is 4.90 Å². The number of ether oxygens (including phenoxy) is 2. The molecule has 2 aromatic rings. The number of rotatable bonds is 6. The van der Waals surface area contributed by atoms with Gasteiger partial charge in [-0.25, -0.2) is 14.8 Å². The monoisotopic (exact) mass is 357 g/mol. The lowest BCUT2D eigenvalue weighted by Crippen LogP contribution is -2.38. The Labute approximate surface area is 152 Å². The third kappa shape index (κ3) is 4.77. The number of aryl methyl sites for hydroxylation is 2. The predicted octanol–water partition coefficient (Wildman–Crippen LogP) is 2.13. The number of carboxylic acid groups (broad SMARTS) is 1. The van der Waals surface area contributed by atoms with Gasteiger partial charge in [-0.1, -0.05) is 18.2 Å². The van der Waals surface area contributed by atoms with Gasteiger partial charge in [-0.2, -0.15) is 0 Å². The zero-order chi connectivity index (χ0) is 18.5. The average Bonchev–Trinajstić information content (AvgIpc) is 2.60. The van der Waals surface area contributed by atoms with Crippen molar-refractivity contribution in [3.05, 3.63) is 53.1 Å². The fourth-order valence-electron chi connectivity index (χ4n) is 3.09. The number of carbonyl (C=O) groups is 1. The number of carboxylic acids is 1. The van der Waals surface area contributed by atoms with Crippen molar-refractivity contribution in [2.45, 2.75) is 26.5 Å². The SMILES string of the molecule is Cc1cc([C@@H]2CN(Cc3ccccc3OCC(=O)O)CCO2)nc(C)n1. The first-order valence-corrected chi connectivity index (χ1v) is 8.60. The third-order valence-corrected chi connectivity index (χ3v) is 4.18. The van der Waals surface area contributed by atoms with Gasteiger partial charge in [0.1, 0.15) is 17.7 Å². The van der Waals surface area contributed by atoms with Crippen LogP contribution in [0.1, 0.15) is 28.9 Å². The number of nitrogens with zero attached hydrogens (tertiary/aromatic N) is 3. The van der Waals surface area contributed by atoms with Crippen LogP contribution in [0.15, 0.2) is 30.3 Å². The van der Waals surface area contributed by atoms with Gasteiger partial charge in [0.15, 0.2) is 6.61 Å². The molecule has 26 heavy (non-hydrogen) atoms. The van der Waals surface area contributed by atoms with Crippen LogP contribution in [0, 0.1) is 13.8 Å². The lowest BCUT2D eigenvalue weighted by atomic mass is 10.1. The summed E-state index contributed by atoms with van der Waals surface area (Å²) in [4.78, 5) is 21.9. The molecule has 1 fully saturated rings. The largest absolute Gasteiger partial charge is 0.482 e. The van der Waals surface area contributed by atoms with E-state index in [1.807, 2.05) is 38.1 Å².